The van der Waals surface area contributed by atoms with E-state index in [2.05, 4.69) is 10.3 Å². The van der Waals surface area contributed by atoms with Crippen LogP contribution in [0.4, 0.5) is 21.5 Å². The summed E-state index contributed by atoms with van der Waals surface area (Å²) in [5, 5.41) is 12.0. The van der Waals surface area contributed by atoms with Crippen LogP contribution in [-0.2, 0) is 29.3 Å². The Morgan fingerprint density at radius 2 is 1.55 bits per heavy atom. The van der Waals surface area contributed by atoms with Gasteiger partial charge in [-0.2, -0.15) is 5.01 Å². The average Bonchev–Trinajstić information content (AvgIpc) is 3.60. The number of carbonyl (C=O) groups is 4. The summed E-state index contributed by atoms with van der Waals surface area (Å²) in [6, 6.07) is 24.2. The predicted molar refractivity (Wildman–Crippen MR) is 206 cm³/mol. The molecule has 6 atom stereocenters. The maximum absolute atomic E-state index is 15.4. The van der Waals surface area contributed by atoms with Crippen LogP contribution in [0.3, 0.4) is 0 Å². The highest BCUT2D eigenvalue weighted by molar-refractivity contribution is 6.30. The van der Waals surface area contributed by atoms with Crippen LogP contribution >= 0.6 is 11.6 Å². The van der Waals surface area contributed by atoms with Crippen molar-refractivity contribution in [3.63, 3.8) is 0 Å². The Morgan fingerprint density at radius 1 is 0.857 bits per heavy atom. The number of amides is 4. The number of methoxy groups -OCH3 is 1. The number of hydrogen-bond acceptors (Lipinski definition) is 9. The highest BCUT2D eigenvalue weighted by Gasteiger charge is 2.70. The minimum absolute atomic E-state index is 0.0620. The summed E-state index contributed by atoms with van der Waals surface area (Å²) in [6.45, 7) is 2.72. The number of imide groups is 2. The van der Waals surface area contributed by atoms with Crippen molar-refractivity contribution in [3.8, 4) is 11.5 Å². The summed E-state index contributed by atoms with van der Waals surface area (Å²) in [7, 11) is 1.46. The molecule has 0 spiro atoms. The topological polar surface area (TPSA) is 129 Å². The lowest BCUT2D eigenvalue weighted by molar-refractivity contribution is -0.138. The number of anilines is 3. The van der Waals surface area contributed by atoms with Crippen molar-refractivity contribution in [3.05, 3.63) is 125 Å². The van der Waals surface area contributed by atoms with Crippen molar-refractivity contribution >= 4 is 52.3 Å². The van der Waals surface area contributed by atoms with Crippen LogP contribution in [0.25, 0.3) is 0 Å². The maximum atomic E-state index is 15.4. The number of nitrogens with zero attached hydrogens (tertiary/aromatic N) is 3. The third-order valence-corrected chi connectivity index (χ3v) is 12.5. The van der Waals surface area contributed by atoms with Crippen LogP contribution < -0.4 is 20.0 Å². The molecule has 4 aromatic carbocycles. The molecule has 2 aliphatic carbocycles. The fourth-order valence-corrected chi connectivity index (χ4v) is 9.95. The number of hydrazine groups is 1. The third kappa shape index (κ3) is 5.48. The summed E-state index contributed by atoms with van der Waals surface area (Å²) in [5.41, 5.74) is 4.90. The molecule has 4 amide bonds. The first-order valence-corrected chi connectivity index (χ1v) is 19.0. The lowest BCUT2D eigenvalue weighted by atomic mass is 9.49. The van der Waals surface area contributed by atoms with E-state index < -0.39 is 52.6 Å². The van der Waals surface area contributed by atoms with Gasteiger partial charge in [0.2, 0.25) is 11.8 Å². The highest BCUT2D eigenvalue weighted by Crippen LogP contribution is 2.65. The fourth-order valence-electron chi connectivity index (χ4n) is 9.83. The SMILES string of the molecule is COc1cc(O)ccc1C1C2=CCC3C(=O)N(c4ccc(N5CCOCC5)cc4)C(=O)C3C2CC2C(=O)N(Nc3ccc(F)cc3)C(=O)C21c1ccc(Cl)cc1. The lowest BCUT2D eigenvalue weighted by Gasteiger charge is -2.50. The van der Waals surface area contributed by atoms with E-state index in [9.17, 15) is 23.9 Å². The van der Waals surface area contributed by atoms with E-state index >= 15 is 4.79 Å². The van der Waals surface area contributed by atoms with Gasteiger partial charge in [-0.15, -0.1) is 0 Å². The molecule has 11 nitrogen and oxygen atoms in total. The Balaban J connectivity index is 1.18. The van der Waals surface area contributed by atoms with Crippen molar-refractivity contribution in [1.82, 2.24) is 5.01 Å². The van der Waals surface area contributed by atoms with Crippen LogP contribution in [0.15, 0.2) is 103 Å². The summed E-state index contributed by atoms with van der Waals surface area (Å²) >= 11 is 6.39. The first kappa shape index (κ1) is 35.9. The molecule has 0 bridgehead atoms. The molecule has 4 aromatic rings. The zero-order valence-electron chi connectivity index (χ0n) is 30.4. The Bertz CT molecular complexity index is 2280. The Morgan fingerprint density at radius 3 is 2.25 bits per heavy atom. The number of phenolic OH excluding ortho intramolecular Hbond substituents is 1. The number of halogens is 2. The van der Waals surface area contributed by atoms with Gasteiger partial charge in [-0.1, -0.05) is 41.4 Å². The molecule has 4 fully saturated rings. The van der Waals surface area contributed by atoms with Crippen LogP contribution in [0.5, 0.6) is 11.5 Å². The summed E-state index contributed by atoms with van der Waals surface area (Å²) < 4.78 is 25.3. The summed E-state index contributed by atoms with van der Waals surface area (Å²) in [5.74, 6) is -6.04. The zero-order chi connectivity index (χ0) is 38.9. The number of phenols is 1. The lowest BCUT2D eigenvalue weighted by Crippen LogP contribution is -2.53. The number of benzene rings is 4. The van der Waals surface area contributed by atoms with Gasteiger partial charge in [-0.05, 0) is 91.1 Å². The van der Waals surface area contributed by atoms with Gasteiger partial charge in [0.05, 0.1) is 54.9 Å². The second-order valence-corrected chi connectivity index (χ2v) is 15.4. The minimum atomic E-state index is -1.59. The van der Waals surface area contributed by atoms with Crippen LogP contribution in [-0.4, -0.2) is 67.2 Å². The summed E-state index contributed by atoms with van der Waals surface area (Å²) in [4.78, 5) is 62.7. The van der Waals surface area contributed by atoms with Crippen LogP contribution in [0.2, 0.25) is 5.02 Å². The molecule has 2 N–H and O–H groups in total. The zero-order valence-corrected chi connectivity index (χ0v) is 31.1. The Hall–Kier alpha value is -5.72. The monoisotopic (exact) mass is 776 g/mol. The van der Waals surface area contributed by atoms with Crippen molar-refractivity contribution in [2.75, 3.05) is 48.6 Å². The van der Waals surface area contributed by atoms with E-state index in [4.69, 9.17) is 21.1 Å². The number of nitrogens with one attached hydrogen (secondary N) is 1. The number of aromatic hydroxyl groups is 1. The predicted octanol–water partition coefficient (Wildman–Crippen LogP) is 6.22. The average molecular weight is 777 g/mol. The van der Waals surface area contributed by atoms with E-state index in [1.807, 2.05) is 18.2 Å². The molecule has 1 saturated carbocycles. The molecule has 56 heavy (non-hydrogen) atoms. The Kier molecular flexibility index (Phi) is 8.85. The Labute approximate surface area is 327 Å². The first-order valence-electron chi connectivity index (χ1n) is 18.7. The highest BCUT2D eigenvalue weighted by atomic mass is 35.5. The molecular weight excluding hydrogens is 739 g/mol. The number of carbonyl (C=O) groups excluding carboxylic acids is 4. The van der Waals surface area contributed by atoms with Crippen molar-refractivity contribution in [1.29, 1.82) is 0 Å². The fraction of sp³-hybridized carbons (Fsp3) is 0.302. The molecule has 0 aromatic heterocycles. The molecule has 0 radical (unpaired) electrons. The molecule has 13 heteroatoms. The van der Waals surface area contributed by atoms with Gasteiger partial charge >= 0.3 is 0 Å². The van der Waals surface area contributed by atoms with Crippen LogP contribution in [0.1, 0.15) is 29.9 Å². The molecule has 3 aliphatic heterocycles. The number of rotatable bonds is 7. The van der Waals surface area contributed by atoms with Crippen LogP contribution in [0, 0.1) is 29.5 Å². The standard InChI is InChI=1S/C43H38ClFN4O7/c1-55-36-22-30(50)14-15-32(36)38-31-16-17-33-37(41(53)48(39(33)51)29-12-10-28(11-13-29)47-18-20-56-21-19-47)34(31)23-35-40(52)49(46-27-8-6-26(45)7-9-27)42(54)43(35,38)24-2-4-25(44)5-3-24/h2-16,22,33-35,37-38,46,50H,17-21,23H2,1H3. The van der Waals surface area contributed by atoms with E-state index in [0.717, 1.165) is 29.4 Å². The molecule has 286 valence electrons. The smallest absolute Gasteiger partial charge is 0.260 e. The second-order valence-electron chi connectivity index (χ2n) is 14.9. The molecule has 5 aliphatic rings. The van der Waals surface area contributed by atoms with E-state index in [-0.39, 0.29) is 36.2 Å². The minimum Gasteiger partial charge on any atom is -0.508 e. The number of ether oxygens (including phenoxy) is 2. The van der Waals surface area contributed by atoms with Gasteiger partial charge in [0, 0.05) is 41.3 Å². The molecular formula is C43H38ClFN4O7. The van der Waals surface area contributed by atoms with E-state index in [0.29, 0.717) is 40.7 Å². The first-order chi connectivity index (χ1) is 27.1. The number of morpholine rings is 1. The van der Waals surface area contributed by atoms with Gasteiger partial charge < -0.3 is 19.5 Å². The number of allylic oxidation sites excluding steroid dienone is 2. The number of hydrogen-bond donors (Lipinski definition) is 2. The van der Waals surface area contributed by atoms with Gasteiger partial charge in [0.1, 0.15) is 17.3 Å². The molecule has 9 rings (SSSR count). The van der Waals surface area contributed by atoms with E-state index in [1.54, 1.807) is 42.5 Å². The number of fused-ring (bicyclic) bond motifs is 4. The second kappa shape index (κ2) is 13.8. The van der Waals surface area contributed by atoms with Gasteiger partial charge in [-0.3, -0.25) is 29.5 Å². The largest absolute Gasteiger partial charge is 0.508 e. The van der Waals surface area contributed by atoms with Gasteiger partial charge in [0.25, 0.3) is 11.8 Å². The van der Waals surface area contributed by atoms with Gasteiger partial charge in [0.15, 0.2) is 0 Å². The van der Waals surface area contributed by atoms with Crippen molar-refractivity contribution < 1.29 is 38.1 Å². The molecule has 6 unspecified atom stereocenters. The third-order valence-electron chi connectivity index (χ3n) is 12.3. The quantitative estimate of drug-likeness (QED) is 0.166. The molecule has 3 saturated heterocycles. The maximum Gasteiger partial charge on any atom is 0.260 e. The van der Waals surface area contributed by atoms with E-state index in [1.165, 1.54) is 48.4 Å². The van der Waals surface area contributed by atoms with Gasteiger partial charge in [-0.25, -0.2) is 4.39 Å². The van der Waals surface area contributed by atoms with Crippen molar-refractivity contribution in [2.24, 2.45) is 23.7 Å². The van der Waals surface area contributed by atoms with Crippen molar-refractivity contribution in [2.45, 2.75) is 24.2 Å². The normalized spacial score (nSPS) is 27.2. The molecule has 3 heterocycles. The summed E-state index contributed by atoms with van der Waals surface area (Å²) in [6.07, 6.45) is 2.28.